The second kappa shape index (κ2) is 8.87. The van der Waals surface area contributed by atoms with Crippen molar-refractivity contribution in [3.63, 3.8) is 0 Å². The molecular formula is C13H26N2O4. The highest BCUT2D eigenvalue weighted by Crippen LogP contribution is 2.11. The predicted octanol–water partition coefficient (Wildman–Crippen LogP) is 0.824. The number of aliphatic carboxylic acids is 2. The number of carboxylic acid groups (broad SMARTS) is 2. The fourth-order valence-electron chi connectivity index (χ4n) is 1.87. The van der Waals surface area contributed by atoms with Crippen LogP contribution in [0.25, 0.3) is 0 Å². The molecule has 0 aromatic heterocycles. The molecule has 0 aliphatic carbocycles. The summed E-state index contributed by atoms with van der Waals surface area (Å²) in [5.41, 5.74) is 0. The summed E-state index contributed by atoms with van der Waals surface area (Å²) in [6.45, 7) is 5.07. The lowest BCUT2D eigenvalue weighted by Crippen LogP contribution is -2.47. The first-order valence-corrected chi connectivity index (χ1v) is 6.64. The van der Waals surface area contributed by atoms with Crippen LogP contribution in [0, 0.1) is 5.92 Å². The fraction of sp³-hybridized carbons (Fsp3) is 0.846. The maximum atomic E-state index is 11.3. The SMILES string of the molecule is CCCC(C(=O)O)N(CCN(C)C)CC(C)C(=O)O. The Bertz CT molecular complexity index is 294. The molecule has 2 atom stereocenters. The highest BCUT2D eigenvalue weighted by molar-refractivity contribution is 5.74. The van der Waals surface area contributed by atoms with Gasteiger partial charge in [-0.2, -0.15) is 0 Å². The van der Waals surface area contributed by atoms with Crippen molar-refractivity contribution in [1.29, 1.82) is 0 Å². The number of nitrogens with zero attached hydrogens (tertiary/aromatic N) is 2. The van der Waals surface area contributed by atoms with Crippen LogP contribution in [0.1, 0.15) is 26.7 Å². The number of rotatable bonds is 10. The van der Waals surface area contributed by atoms with E-state index < -0.39 is 23.9 Å². The molecule has 2 N–H and O–H groups in total. The first-order valence-electron chi connectivity index (χ1n) is 6.64. The molecule has 0 spiro atoms. The topological polar surface area (TPSA) is 81.1 Å². The maximum absolute atomic E-state index is 11.3. The Hall–Kier alpha value is -1.14. The van der Waals surface area contributed by atoms with E-state index in [-0.39, 0.29) is 6.54 Å². The molecule has 19 heavy (non-hydrogen) atoms. The normalized spacial score (nSPS) is 14.6. The molecule has 0 heterocycles. The second-order valence-corrected chi connectivity index (χ2v) is 5.18. The number of carboxylic acids is 2. The van der Waals surface area contributed by atoms with Crippen molar-refractivity contribution in [2.75, 3.05) is 33.7 Å². The van der Waals surface area contributed by atoms with Gasteiger partial charge in [-0.3, -0.25) is 14.5 Å². The first-order chi connectivity index (χ1) is 8.79. The smallest absolute Gasteiger partial charge is 0.320 e. The molecule has 0 saturated heterocycles. The third kappa shape index (κ3) is 7.12. The second-order valence-electron chi connectivity index (χ2n) is 5.18. The van der Waals surface area contributed by atoms with Crippen LogP contribution in [0.2, 0.25) is 0 Å². The molecule has 0 fully saturated rings. The van der Waals surface area contributed by atoms with Gasteiger partial charge in [0.05, 0.1) is 5.92 Å². The van der Waals surface area contributed by atoms with E-state index in [0.29, 0.717) is 19.5 Å². The minimum absolute atomic E-state index is 0.264. The molecule has 0 aliphatic rings. The lowest BCUT2D eigenvalue weighted by molar-refractivity contribution is -0.147. The van der Waals surface area contributed by atoms with E-state index >= 15 is 0 Å². The molecule has 2 unspecified atom stereocenters. The number of hydrogen-bond acceptors (Lipinski definition) is 4. The molecule has 0 saturated carbocycles. The van der Waals surface area contributed by atoms with Gasteiger partial charge < -0.3 is 15.1 Å². The largest absolute Gasteiger partial charge is 0.481 e. The summed E-state index contributed by atoms with van der Waals surface area (Å²) in [4.78, 5) is 26.0. The van der Waals surface area contributed by atoms with E-state index in [0.717, 1.165) is 6.42 Å². The molecule has 0 aliphatic heterocycles. The number of hydrogen-bond donors (Lipinski definition) is 2. The quantitative estimate of drug-likeness (QED) is 0.614. The highest BCUT2D eigenvalue weighted by Gasteiger charge is 2.27. The minimum atomic E-state index is -0.893. The summed E-state index contributed by atoms with van der Waals surface area (Å²) in [5, 5.41) is 18.3. The minimum Gasteiger partial charge on any atom is -0.481 e. The predicted molar refractivity (Wildman–Crippen MR) is 73.3 cm³/mol. The zero-order chi connectivity index (χ0) is 15.0. The monoisotopic (exact) mass is 274 g/mol. The van der Waals surface area contributed by atoms with E-state index in [4.69, 9.17) is 5.11 Å². The zero-order valence-corrected chi connectivity index (χ0v) is 12.3. The van der Waals surface area contributed by atoms with Gasteiger partial charge in [-0.15, -0.1) is 0 Å². The van der Waals surface area contributed by atoms with Crippen LogP contribution in [-0.2, 0) is 9.59 Å². The van der Waals surface area contributed by atoms with Gasteiger partial charge in [-0.25, -0.2) is 0 Å². The summed E-state index contributed by atoms with van der Waals surface area (Å²) < 4.78 is 0. The van der Waals surface area contributed by atoms with Crippen molar-refractivity contribution in [3.05, 3.63) is 0 Å². The number of likely N-dealkylation sites (N-methyl/N-ethyl adjacent to an activating group) is 1. The third-order valence-corrected chi connectivity index (χ3v) is 3.05. The van der Waals surface area contributed by atoms with Gasteiger partial charge in [0, 0.05) is 19.6 Å². The maximum Gasteiger partial charge on any atom is 0.320 e. The average Bonchev–Trinajstić information content (AvgIpc) is 2.30. The molecule has 6 nitrogen and oxygen atoms in total. The van der Waals surface area contributed by atoms with Crippen LogP contribution in [0.3, 0.4) is 0 Å². The number of carbonyl (C=O) groups is 2. The zero-order valence-electron chi connectivity index (χ0n) is 12.3. The molecule has 0 aromatic rings. The lowest BCUT2D eigenvalue weighted by Gasteiger charge is -2.31. The van der Waals surface area contributed by atoms with Crippen molar-refractivity contribution in [3.8, 4) is 0 Å². The highest BCUT2D eigenvalue weighted by atomic mass is 16.4. The molecular weight excluding hydrogens is 248 g/mol. The molecule has 112 valence electrons. The van der Waals surface area contributed by atoms with Gasteiger partial charge in [0.1, 0.15) is 6.04 Å². The van der Waals surface area contributed by atoms with Crippen LogP contribution in [-0.4, -0.2) is 71.7 Å². The summed E-state index contributed by atoms with van der Waals surface area (Å²) in [6, 6.07) is -0.605. The Morgan fingerprint density at radius 1 is 1.11 bits per heavy atom. The summed E-state index contributed by atoms with van der Waals surface area (Å²) >= 11 is 0. The Morgan fingerprint density at radius 3 is 2.05 bits per heavy atom. The fourth-order valence-corrected chi connectivity index (χ4v) is 1.87. The van der Waals surface area contributed by atoms with E-state index in [2.05, 4.69) is 0 Å². The van der Waals surface area contributed by atoms with E-state index in [1.807, 2.05) is 25.9 Å². The van der Waals surface area contributed by atoms with Crippen LogP contribution in [0.15, 0.2) is 0 Å². The van der Waals surface area contributed by atoms with Crippen LogP contribution in [0.4, 0.5) is 0 Å². The van der Waals surface area contributed by atoms with Crippen LogP contribution in [0.5, 0.6) is 0 Å². The van der Waals surface area contributed by atoms with Crippen molar-refractivity contribution in [1.82, 2.24) is 9.80 Å². The Morgan fingerprint density at radius 2 is 1.68 bits per heavy atom. The van der Waals surface area contributed by atoms with Gasteiger partial charge in [0.15, 0.2) is 0 Å². The van der Waals surface area contributed by atoms with E-state index in [1.165, 1.54) is 0 Å². The van der Waals surface area contributed by atoms with Gasteiger partial charge in [-0.1, -0.05) is 20.3 Å². The van der Waals surface area contributed by atoms with Gasteiger partial charge in [0.25, 0.3) is 0 Å². The lowest BCUT2D eigenvalue weighted by atomic mass is 10.1. The molecule has 6 heteroatoms. The molecule has 0 amide bonds. The standard InChI is InChI=1S/C13H26N2O4/c1-5-6-11(13(18)19)15(8-7-14(3)4)9-10(2)12(16)17/h10-11H,5-9H2,1-4H3,(H,16,17)(H,18,19). The average molecular weight is 274 g/mol. The van der Waals surface area contributed by atoms with Crippen molar-refractivity contribution < 1.29 is 19.8 Å². The Labute approximate surface area is 115 Å². The first kappa shape index (κ1) is 17.9. The van der Waals surface area contributed by atoms with Crippen molar-refractivity contribution >= 4 is 11.9 Å². The molecule has 0 aromatic carbocycles. The summed E-state index contributed by atoms with van der Waals surface area (Å²) in [6.07, 6.45) is 1.30. The molecule has 0 rings (SSSR count). The summed E-state index contributed by atoms with van der Waals surface area (Å²) in [5.74, 6) is -2.34. The summed E-state index contributed by atoms with van der Waals surface area (Å²) in [7, 11) is 3.82. The van der Waals surface area contributed by atoms with Crippen LogP contribution >= 0.6 is 0 Å². The third-order valence-electron chi connectivity index (χ3n) is 3.05. The Balaban J connectivity index is 4.79. The molecule has 0 bridgehead atoms. The van der Waals surface area contributed by atoms with E-state index in [1.54, 1.807) is 11.8 Å². The Kier molecular flexibility index (Phi) is 8.34. The van der Waals surface area contributed by atoms with Crippen LogP contribution < -0.4 is 0 Å². The van der Waals surface area contributed by atoms with Crippen molar-refractivity contribution in [2.24, 2.45) is 5.92 Å². The van der Waals surface area contributed by atoms with E-state index in [9.17, 15) is 14.7 Å². The van der Waals surface area contributed by atoms with Gasteiger partial charge in [0.2, 0.25) is 0 Å². The van der Waals surface area contributed by atoms with Gasteiger partial charge >= 0.3 is 11.9 Å². The molecule has 0 radical (unpaired) electrons. The van der Waals surface area contributed by atoms with Crippen molar-refractivity contribution in [2.45, 2.75) is 32.7 Å². The van der Waals surface area contributed by atoms with Gasteiger partial charge in [-0.05, 0) is 20.5 Å².